The highest BCUT2D eigenvalue weighted by atomic mass is 32.2. The number of ether oxygens (including phenoxy) is 2. The second kappa shape index (κ2) is 16.0. The predicted octanol–water partition coefficient (Wildman–Crippen LogP) is 10.9. The zero-order chi connectivity index (χ0) is 34.2. The highest BCUT2D eigenvalue weighted by Crippen LogP contribution is 2.45. The fourth-order valence-corrected chi connectivity index (χ4v) is 8.35. The molecule has 0 saturated heterocycles. The molecular weight excluding hydrogens is 601 g/mol. The molecule has 0 N–H and O–H groups in total. The van der Waals surface area contributed by atoms with Crippen LogP contribution in [0, 0.1) is 20.8 Å². The Labute approximate surface area is 284 Å². The Morgan fingerprint density at radius 1 is 0.851 bits per heavy atom. The molecule has 2 atom stereocenters. The lowest BCUT2D eigenvalue weighted by atomic mass is 9.84. The maximum Gasteiger partial charge on any atom is 0.184 e. The van der Waals surface area contributed by atoms with Gasteiger partial charge in [-0.2, -0.15) is 0 Å². The summed E-state index contributed by atoms with van der Waals surface area (Å²) in [6.45, 7) is 17.4. The fourth-order valence-electron chi connectivity index (χ4n) is 6.48. The van der Waals surface area contributed by atoms with Gasteiger partial charge in [-0.1, -0.05) is 83.5 Å². The van der Waals surface area contributed by atoms with Gasteiger partial charge in [0.15, 0.2) is 9.84 Å². The van der Waals surface area contributed by atoms with Crippen LogP contribution in [0.3, 0.4) is 0 Å². The third-order valence-electron chi connectivity index (χ3n) is 9.49. The zero-order valence-corrected chi connectivity index (χ0v) is 30.6. The van der Waals surface area contributed by atoms with Crippen LogP contribution in [-0.4, -0.2) is 19.3 Å². The van der Waals surface area contributed by atoms with Crippen molar-refractivity contribution in [3.05, 3.63) is 123 Å². The molecule has 1 heterocycles. The van der Waals surface area contributed by atoms with Crippen molar-refractivity contribution in [2.24, 2.45) is 0 Å². The predicted molar refractivity (Wildman–Crippen MR) is 196 cm³/mol. The van der Waals surface area contributed by atoms with Crippen LogP contribution in [0.2, 0.25) is 0 Å². The summed E-state index contributed by atoms with van der Waals surface area (Å²) in [7, 11) is -3.64. The van der Waals surface area contributed by atoms with Crippen molar-refractivity contribution < 1.29 is 17.9 Å². The summed E-state index contributed by atoms with van der Waals surface area (Å²) < 4.78 is 41.6. The molecular formula is C42H54O4S. The molecule has 47 heavy (non-hydrogen) atoms. The number of benzene rings is 3. The van der Waals surface area contributed by atoms with Gasteiger partial charge in [-0.25, -0.2) is 8.42 Å². The number of rotatable bonds is 14. The molecule has 1 aliphatic heterocycles. The van der Waals surface area contributed by atoms with Crippen molar-refractivity contribution in [2.45, 2.75) is 123 Å². The Morgan fingerprint density at radius 3 is 2.13 bits per heavy atom. The van der Waals surface area contributed by atoms with Crippen LogP contribution >= 0.6 is 0 Å². The first kappa shape index (κ1) is 36.3. The normalized spacial score (nSPS) is 17.4. The van der Waals surface area contributed by atoms with Gasteiger partial charge in [0.1, 0.15) is 23.7 Å². The van der Waals surface area contributed by atoms with E-state index in [1.54, 1.807) is 24.3 Å². The van der Waals surface area contributed by atoms with Crippen molar-refractivity contribution in [1.29, 1.82) is 0 Å². The molecule has 0 amide bonds. The van der Waals surface area contributed by atoms with Gasteiger partial charge in [-0.05, 0) is 128 Å². The van der Waals surface area contributed by atoms with Gasteiger partial charge in [0.25, 0.3) is 0 Å². The van der Waals surface area contributed by atoms with Crippen molar-refractivity contribution in [3.63, 3.8) is 0 Å². The van der Waals surface area contributed by atoms with Gasteiger partial charge in [0.05, 0.1) is 10.1 Å². The molecule has 2 unspecified atom stereocenters. The van der Waals surface area contributed by atoms with Gasteiger partial charge in [0, 0.05) is 12.0 Å². The van der Waals surface area contributed by atoms with E-state index >= 15 is 0 Å². The average Bonchev–Trinajstić information content (AvgIpc) is 3.04. The minimum absolute atomic E-state index is 0.354. The molecule has 0 radical (unpaired) electrons. The average molecular weight is 655 g/mol. The van der Waals surface area contributed by atoms with Crippen molar-refractivity contribution in [2.75, 3.05) is 0 Å². The lowest BCUT2D eigenvalue weighted by molar-refractivity contribution is 0.0564. The first-order chi connectivity index (χ1) is 22.3. The molecule has 252 valence electrons. The molecule has 1 aliphatic rings. The fraction of sp³-hybridized carbons (Fsp3) is 0.429. The van der Waals surface area contributed by atoms with Gasteiger partial charge < -0.3 is 9.47 Å². The summed E-state index contributed by atoms with van der Waals surface area (Å²) in [5.74, 6) is 1.80. The molecule has 0 fully saturated rings. The number of fused-ring (bicyclic) bond motifs is 1. The second-order valence-electron chi connectivity index (χ2n) is 13.9. The van der Waals surface area contributed by atoms with E-state index in [2.05, 4.69) is 79.7 Å². The monoisotopic (exact) mass is 654 g/mol. The summed E-state index contributed by atoms with van der Waals surface area (Å²) in [5.41, 5.74) is 8.68. The molecule has 5 heteroatoms. The number of sulfone groups is 1. The summed E-state index contributed by atoms with van der Waals surface area (Å²) in [4.78, 5) is 0.354. The Balaban J connectivity index is 1.57. The lowest BCUT2D eigenvalue weighted by Gasteiger charge is -2.39. The van der Waals surface area contributed by atoms with Gasteiger partial charge in [-0.15, -0.1) is 0 Å². The van der Waals surface area contributed by atoms with E-state index in [1.165, 1.54) is 11.1 Å². The SMILES string of the molecule is CC(C)=CCC/C(C)=C/CC/C(C)=C/C(CC1(C)CCc2c(C)c(OCc3ccccc3)c(C)c(C)c2O1)S(=O)(=O)c1ccccc1. The standard InChI is InChI=1S/C42H54O4S/c1-30(2)17-15-18-31(3)19-16-20-32(4)27-38(47(43,44)37-23-13-10-14-24-37)28-42(8)26-25-39-35(7)40(33(5)34(6)41(39)46-42)45-29-36-21-11-9-12-22-36/h9-14,17,19,21-24,27,38H,15-16,18,20,25-26,28-29H2,1-8H3/b31-19+,32-27+. The van der Waals surface area contributed by atoms with Crippen molar-refractivity contribution in [1.82, 2.24) is 0 Å². The highest BCUT2D eigenvalue weighted by molar-refractivity contribution is 7.92. The minimum atomic E-state index is -3.64. The number of allylic oxidation sites excluding steroid dienone is 5. The second-order valence-corrected chi connectivity index (χ2v) is 16.0. The van der Waals surface area contributed by atoms with Gasteiger partial charge >= 0.3 is 0 Å². The molecule has 0 spiro atoms. The number of hydrogen-bond acceptors (Lipinski definition) is 4. The third-order valence-corrected chi connectivity index (χ3v) is 11.5. The van der Waals surface area contributed by atoms with E-state index in [9.17, 15) is 8.42 Å². The number of hydrogen-bond donors (Lipinski definition) is 0. The van der Waals surface area contributed by atoms with E-state index in [4.69, 9.17) is 9.47 Å². The van der Waals surface area contributed by atoms with Crippen LogP contribution in [0.4, 0.5) is 0 Å². The van der Waals surface area contributed by atoms with Crippen molar-refractivity contribution >= 4 is 9.84 Å². The molecule has 0 aliphatic carbocycles. The van der Waals surface area contributed by atoms with E-state index < -0.39 is 20.7 Å². The van der Waals surface area contributed by atoms with Gasteiger partial charge in [0.2, 0.25) is 0 Å². The quantitative estimate of drug-likeness (QED) is 0.162. The Bertz CT molecular complexity index is 1710. The Hall–Kier alpha value is -3.57. The van der Waals surface area contributed by atoms with E-state index in [0.717, 1.165) is 83.4 Å². The Kier molecular flexibility index (Phi) is 12.4. The molecule has 4 rings (SSSR count). The lowest BCUT2D eigenvalue weighted by Crippen LogP contribution is -2.42. The Morgan fingerprint density at radius 2 is 1.47 bits per heavy atom. The molecule has 0 saturated carbocycles. The summed E-state index contributed by atoms with van der Waals surface area (Å²) in [5, 5.41) is -0.699. The molecule has 0 aromatic heterocycles. The molecule has 0 bridgehead atoms. The maximum absolute atomic E-state index is 14.2. The first-order valence-electron chi connectivity index (χ1n) is 17.0. The van der Waals surface area contributed by atoms with E-state index in [0.29, 0.717) is 17.9 Å². The molecule has 3 aromatic rings. The molecule has 4 nitrogen and oxygen atoms in total. The largest absolute Gasteiger partial charge is 0.488 e. The van der Waals surface area contributed by atoms with Crippen LogP contribution in [0.25, 0.3) is 0 Å². The van der Waals surface area contributed by atoms with Crippen molar-refractivity contribution in [3.8, 4) is 11.5 Å². The third kappa shape index (κ3) is 9.50. The summed E-state index contributed by atoms with van der Waals surface area (Å²) in [6, 6.07) is 19.1. The first-order valence-corrected chi connectivity index (χ1v) is 18.6. The van der Waals surface area contributed by atoms with Crippen LogP contribution < -0.4 is 9.47 Å². The van der Waals surface area contributed by atoms with Crippen LogP contribution in [0.5, 0.6) is 11.5 Å². The smallest absolute Gasteiger partial charge is 0.184 e. The summed E-state index contributed by atoms with van der Waals surface area (Å²) >= 11 is 0. The minimum Gasteiger partial charge on any atom is -0.488 e. The topological polar surface area (TPSA) is 52.6 Å². The van der Waals surface area contributed by atoms with E-state index in [1.807, 2.05) is 30.3 Å². The van der Waals surface area contributed by atoms with Crippen LogP contribution in [-0.2, 0) is 22.9 Å². The van der Waals surface area contributed by atoms with Gasteiger partial charge in [-0.3, -0.25) is 0 Å². The highest BCUT2D eigenvalue weighted by Gasteiger charge is 2.40. The summed E-state index contributed by atoms with van der Waals surface area (Å²) in [6.07, 6.45) is 12.3. The molecule has 3 aromatic carbocycles. The van der Waals surface area contributed by atoms with Crippen LogP contribution in [0.15, 0.2) is 101 Å². The maximum atomic E-state index is 14.2. The van der Waals surface area contributed by atoms with E-state index in [-0.39, 0.29) is 0 Å². The zero-order valence-electron chi connectivity index (χ0n) is 29.8. The van der Waals surface area contributed by atoms with Crippen LogP contribution in [0.1, 0.15) is 101 Å².